The number of rotatable bonds is 5. The van der Waals surface area contributed by atoms with Gasteiger partial charge in [-0.25, -0.2) is 0 Å². The van der Waals surface area contributed by atoms with Gasteiger partial charge < -0.3 is 16.6 Å². The minimum absolute atomic E-state index is 0.00112. The van der Waals surface area contributed by atoms with Gasteiger partial charge in [-0.1, -0.05) is 0 Å². The largest absolute Gasteiger partial charge is 0.431 e. The van der Waals surface area contributed by atoms with Crippen LogP contribution in [0, 0.1) is 11.8 Å². The standard InChI is InChI=1S/C19H26F3N5O2/c1-3-25-8-14(16(23)19(20,21)22)18(29)6-11-4-10(5-12(11)7-18)15-13(9-28)17(24)27(2)26-15/h8-12,29H,3-7,23-24H2,1-2H3/b16-14+,25-8?. The molecule has 0 saturated heterocycles. The monoisotopic (exact) mass is 413 g/mol. The molecule has 0 aromatic carbocycles. The Kier molecular flexibility index (Phi) is 5.50. The lowest BCUT2D eigenvalue weighted by Gasteiger charge is -2.28. The van der Waals surface area contributed by atoms with E-state index in [0.29, 0.717) is 36.2 Å². The zero-order valence-corrected chi connectivity index (χ0v) is 16.4. The Morgan fingerprint density at radius 1 is 1.38 bits per heavy atom. The van der Waals surface area contributed by atoms with E-state index in [4.69, 9.17) is 11.5 Å². The molecule has 10 heteroatoms. The fraction of sp³-hybridized carbons (Fsp3) is 0.632. The average molecular weight is 413 g/mol. The number of fused-ring (bicyclic) bond motifs is 1. The second kappa shape index (κ2) is 7.47. The van der Waals surface area contributed by atoms with Crippen LogP contribution < -0.4 is 11.5 Å². The zero-order chi connectivity index (χ0) is 21.6. The predicted molar refractivity (Wildman–Crippen MR) is 102 cm³/mol. The van der Waals surface area contributed by atoms with Crippen molar-refractivity contribution in [1.82, 2.24) is 9.78 Å². The number of aromatic nitrogens is 2. The van der Waals surface area contributed by atoms with Gasteiger partial charge in [-0.2, -0.15) is 18.3 Å². The van der Waals surface area contributed by atoms with Crippen LogP contribution in [0.2, 0.25) is 0 Å². The van der Waals surface area contributed by atoms with Crippen molar-refractivity contribution in [2.75, 3.05) is 12.3 Å². The van der Waals surface area contributed by atoms with E-state index in [0.717, 1.165) is 6.21 Å². The van der Waals surface area contributed by atoms with Gasteiger partial charge in [0, 0.05) is 31.3 Å². The third-order valence-corrected chi connectivity index (χ3v) is 6.20. The van der Waals surface area contributed by atoms with Crippen LogP contribution in [0.4, 0.5) is 19.0 Å². The lowest BCUT2D eigenvalue weighted by atomic mass is 9.86. The number of alkyl halides is 3. The number of aryl methyl sites for hydroxylation is 1. The Balaban J connectivity index is 1.85. The number of nitrogens with two attached hydrogens (primary N) is 2. The number of aldehydes is 1. The number of hydrogen-bond acceptors (Lipinski definition) is 6. The molecule has 0 radical (unpaired) electrons. The van der Waals surface area contributed by atoms with Crippen LogP contribution in [-0.2, 0) is 7.05 Å². The number of aliphatic imine (C=N–C) groups is 1. The van der Waals surface area contributed by atoms with E-state index in [1.54, 1.807) is 14.0 Å². The Hall–Kier alpha value is -2.36. The molecule has 1 aromatic heterocycles. The van der Waals surface area contributed by atoms with Crippen LogP contribution in [-0.4, -0.2) is 45.7 Å². The van der Waals surface area contributed by atoms with Gasteiger partial charge in [0.15, 0.2) is 6.29 Å². The second-order valence-electron chi connectivity index (χ2n) is 8.01. The van der Waals surface area contributed by atoms with Crippen LogP contribution in [0.25, 0.3) is 0 Å². The second-order valence-corrected chi connectivity index (χ2v) is 8.01. The van der Waals surface area contributed by atoms with Crippen molar-refractivity contribution in [1.29, 1.82) is 0 Å². The number of anilines is 1. The molecule has 160 valence electrons. The normalized spacial score (nSPS) is 30.6. The number of hydrogen-bond donors (Lipinski definition) is 3. The molecule has 2 unspecified atom stereocenters. The summed E-state index contributed by atoms with van der Waals surface area (Å²) in [6, 6.07) is 0. The molecule has 3 rings (SSSR count). The average Bonchev–Trinajstić information content (AvgIpc) is 3.24. The highest BCUT2D eigenvalue weighted by Crippen LogP contribution is 2.56. The first-order valence-corrected chi connectivity index (χ1v) is 9.59. The predicted octanol–water partition coefficient (Wildman–Crippen LogP) is 2.32. The highest BCUT2D eigenvalue weighted by Gasteiger charge is 2.53. The number of allylic oxidation sites excluding steroid dienone is 1. The van der Waals surface area contributed by atoms with Crippen LogP contribution in [0.15, 0.2) is 16.3 Å². The fourth-order valence-electron chi connectivity index (χ4n) is 4.88. The molecule has 2 atom stereocenters. The van der Waals surface area contributed by atoms with Gasteiger partial charge in [0.25, 0.3) is 0 Å². The molecule has 2 fully saturated rings. The van der Waals surface area contributed by atoms with E-state index >= 15 is 0 Å². The molecule has 0 spiro atoms. The van der Waals surface area contributed by atoms with Gasteiger partial charge in [0.05, 0.1) is 16.9 Å². The molecule has 7 nitrogen and oxygen atoms in total. The third-order valence-electron chi connectivity index (χ3n) is 6.20. The summed E-state index contributed by atoms with van der Waals surface area (Å²) in [6.07, 6.45) is -1.43. The van der Waals surface area contributed by atoms with E-state index < -0.39 is 17.5 Å². The molecule has 2 aliphatic rings. The molecular weight excluding hydrogens is 387 g/mol. The van der Waals surface area contributed by atoms with Gasteiger partial charge in [0.1, 0.15) is 11.5 Å². The summed E-state index contributed by atoms with van der Waals surface area (Å²) in [6.45, 7) is 1.98. The van der Waals surface area contributed by atoms with Crippen molar-refractivity contribution in [2.45, 2.75) is 50.3 Å². The summed E-state index contributed by atoms with van der Waals surface area (Å²) in [5.41, 5.74) is 8.92. The van der Waals surface area contributed by atoms with Crippen molar-refractivity contribution in [2.24, 2.45) is 29.6 Å². The van der Waals surface area contributed by atoms with Crippen molar-refractivity contribution in [3.05, 3.63) is 22.5 Å². The SMILES string of the molecule is CCN=C/C(=C(\N)C(F)(F)F)C1(O)CC2CC(c3nn(C)c(N)c3C=O)CC2C1. The van der Waals surface area contributed by atoms with Gasteiger partial charge in [-0.3, -0.25) is 14.5 Å². The number of nitrogen functional groups attached to an aromatic ring is 1. The summed E-state index contributed by atoms with van der Waals surface area (Å²) in [4.78, 5) is 15.3. The van der Waals surface area contributed by atoms with E-state index in [2.05, 4.69) is 10.1 Å². The van der Waals surface area contributed by atoms with Crippen LogP contribution in [0.1, 0.15) is 54.6 Å². The first-order chi connectivity index (χ1) is 13.5. The molecule has 1 aromatic rings. The zero-order valence-electron chi connectivity index (χ0n) is 16.4. The number of aliphatic hydroxyl groups is 1. The molecule has 2 aliphatic carbocycles. The van der Waals surface area contributed by atoms with Crippen molar-refractivity contribution in [3.63, 3.8) is 0 Å². The molecule has 0 amide bonds. The molecule has 0 bridgehead atoms. The first-order valence-electron chi connectivity index (χ1n) is 9.59. The Labute approximate surface area is 166 Å². The van der Waals surface area contributed by atoms with Crippen molar-refractivity contribution >= 4 is 18.3 Å². The van der Waals surface area contributed by atoms with E-state index in [-0.39, 0.29) is 42.7 Å². The molecule has 5 N–H and O–H groups in total. The van der Waals surface area contributed by atoms with E-state index in [1.165, 1.54) is 4.68 Å². The molecule has 2 saturated carbocycles. The maximum absolute atomic E-state index is 13.2. The number of nitrogens with zero attached hydrogens (tertiary/aromatic N) is 3. The quantitative estimate of drug-likeness (QED) is 0.506. The highest BCUT2D eigenvalue weighted by molar-refractivity contribution is 5.84. The minimum atomic E-state index is -4.74. The summed E-state index contributed by atoms with van der Waals surface area (Å²) >= 11 is 0. The van der Waals surface area contributed by atoms with Crippen LogP contribution in [0.3, 0.4) is 0 Å². The third kappa shape index (κ3) is 3.77. The number of halogens is 3. The summed E-state index contributed by atoms with van der Waals surface area (Å²) < 4.78 is 41.2. The molecular formula is C19H26F3N5O2. The van der Waals surface area contributed by atoms with Gasteiger partial charge in [-0.15, -0.1) is 0 Å². The maximum Gasteiger partial charge on any atom is 0.431 e. The lowest BCUT2D eigenvalue weighted by Crippen LogP contribution is -2.36. The molecule has 1 heterocycles. The maximum atomic E-state index is 13.2. The number of carbonyl (C=O) groups excluding carboxylic acids is 1. The topological polar surface area (TPSA) is 120 Å². The first kappa shape index (κ1) is 21.4. The summed E-state index contributed by atoms with van der Waals surface area (Å²) in [5.74, 6) is 0.273. The molecule has 0 aliphatic heterocycles. The van der Waals surface area contributed by atoms with Gasteiger partial charge >= 0.3 is 6.18 Å². The Morgan fingerprint density at radius 3 is 2.45 bits per heavy atom. The lowest BCUT2D eigenvalue weighted by molar-refractivity contribution is -0.0952. The smallest absolute Gasteiger partial charge is 0.394 e. The Bertz CT molecular complexity index is 845. The van der Waals surface area contributed by atoms with Gasteiger partial charge in [0.2, 0.25) is 0 Å². The van der Waals surface area contributed by atoms with Gasteiger partial charge in [-0.05, 0) is 44.4 Å². The van der Waals surface area contributed by atoms with Crippen molar-refractivity contribution in [3.8, 4) is 0 Å². The number of carbonyl (C=O) groups is 1. The minimum Gasteiger partial charge on any atom is -0.394 e. The molecule has 29 heavy (non-hydrogen) atoms. The van der Waals surface area contributed by atoms with Crippen LogP contribution in [0.5, 0.6) is 0 Å². The van der Waals surface area contributed by atoms with Crippen molar-refractivity contribution < 1.29 is 23.1 Å². The van der Waals surface area contributed by atoms with Crippen LogP contribution >= 0.6 is 0 Å². The van der Waals surface area contributed by atoms with E-state index in [9.17, 15) is 23.1 Å². The highest BCUT2D eigenvalue weighted by atomic mass is 19.4. The van der Waals surface area contributed by atoms with E-state index in [1.807, 2.05) is 0 Å². The fourth-order valence-corrected chi connectivity index (χ4v) is 4.88. The Morgan fingerprint density at radius 2 is 1.97 bits per heavy atom. The summed E-state index contributed by atoms with van der Waals surface area (Å²) in [5, 5.41) is 15.5. The summed E-state index contributed by atoms with van der Waals surface area (Å²) in [7, 11) is 1.66.